The third kappa shape index (κ3) is 3.85. The van der Waals surface area contributed by atoms with E-state index in [2.05, 4.69) is 72.6 Å². The van der Waals surface area contributed by atoms with Crippen molar-refractivity contribution in [2.24, 2.45) is 7.05 Å². The van der Waals surface area contributed by atoms with Crippen molar-refractivity contribution >= 4 is 0 Å². The van der Waals surface area contributed by atoms with Crippen LogP contribution in [0.1, 0.15) is 24.5 Å². The summed E-state index contributed by atoms with van der Waals surface area (Å²) in [5.41, 5.74) is 5.11. The number of hydrogen-bond donors (Lipinski definition) is 0. The van der Waals surface area contributed by atoms with Gasteiger partial charge in [-0.25, -0.2) is 0 Å². The lowest BCUT2D eigenvalue weighted by atomic mass is 9.99. The van der Waals surface area contributed by atoms with Gasteiger partial charge in [0.2, 0.25) is 0 Å². The van der Waals surface area contributed by atoms with Gasteiger partial charge in [-0.2, -0.15) is 0 Å². The molecule has 0 aliphatic heterocycles. The molecular weight excluding hydrogens is 268 g/mol. The number of hydrogen-bond acceptors (Lipinski definition) is 0. The lowest BCUT2D eigenvalue weighted by Crippen LogP contribution is -2.37. The maximum atomic E-state index is 4.13. The molecule has 1 heterocycles. The summed E-state index contributed by atoms with van der Waals surface area (Å²) in [6.07, 6.45) is 14.3. The molecule has 114 valence electrons. The number of aromatic nitrogens is 2. The second kappa shape index (κ2) is 7.60. The fourth-order valence-electron chi connectivity index (χ4n) is 2.54. The second-order valence-electron chi connectivity index (χ2n) is 5.51. The Labute approximate surface area is 133 Å². The molecule has 0 saturated carbocycles. The minimum Gasteiger partial charge on any atom is -0.128 e. The minimum atomic E-state index is 0.982. The quantitative estimate of drug-likeness (QED) is 0.556. The van der Waals surface area contributed by atoms with E-state index in [1.165, 1.54) is 16.8 Å². The first-order valence-electron chi connectivity index (χ1n) is 7.72. The normalized spacial score (nSPS) is 11.6. The first kappa shape index (κ1) is 16.0. The Kier molecular flexibility index (Phi) is 5.54. The van der Waals surface area contributed by atoms with E-state index in [1.54, 1.807) is 0 Å². The molecule has 0 fully saturated rings. The van der Waals surface area contributed by atoms with Crippen LogP contribution in [-0.2, 0) is 13.5 Å². The van der Waals surface area contributed by atoms with E-state index in [9.17, 15) is 0 Å². The van der Waals surface area contributed by atoms with E-state index in [0.29, 0.717) is 0 Å². The van der Waals surface area contributed by atoms with Crippen molar-refractivity contribution in [2.75, 3.05) is 0 Å². The Morgan fingerprint density at radius 1 is 1.27 bits per heavy atom. The number of allylic oxidation sites excluding steroid dienone is 5. The molecule has 0 saturated heterocycles. The van der Waals surface area contributed by atoms with Crippen molar-refractivity contribution in [3.05, 3.63) is 84.2 Å². The lowest BCUT2D eigenvalue weighted by Gasteiger charge is -2.10. The highest BCUT2D eigenvalue weighted by atomic mass is 15.4. The van der Waals surface area contributed by atoms with Gasteiger partial charge in [0.15, 0.2) is 13.2 Å². The summed E-state index contributed by atoms with van der Waals surface area (Å²) in [6, 6.07) is 8.57. The second-order valence-corrected chi connectivity index (χ2v) is 5.51. The van der Waals surface area contributed by atoms with Crippen molar-refractivity contribution in [3.8, 4) is 5.69 Å². The molecule has 0 N–H and O–H groups in total. The van der Waals surface area contributed by atoms with Crippen molar-refractivity contribution in [1.29, 1.82) is 0 Å². The van der Waals surface area contributed by atoms with Gasteiger partial charge in [0.1, 0.15) is 5.69 Å². The van der Waals surface area contributed by atoms with Gasteiger partial charge in [-0.1, -0.05) is 48.6 Å². The van der Waals surface area contributed by atoms with Crippen LogP contribution in [0.2, 0.25) is 0 Å². The highest BCUT2D eigenvalue weighted by molar-refractivity contribution is 5.44. The summed E-state index contributed by atoms with van der Waals surface area (Å²) < 4.78 is 4.25. The summed E-state index contributed by atoms with van der Waals surface area (Å²) in [5.74, 6) is 0. The predicted molar refractivity (Wildman–Crippen MR) is 93.1 cm³/mol. The molecule has 1 aromatic heterocycles. The van der Waals surface area contributed by atoms with Crippen LogP contribution >= 0.6 is 0 Å². The van der Waals surface area contributed by atoms with E-state index in [1.807, 2.05) is 25.2 Å². The molecule has 0 aliphatic carbocycles. The van der Waals surface area contributed by atoms with Gasteiger partial charge in [0, 0.05) is 6.07 Å². The SMILES string of the molecule is C=C(C=CC=CC)CCc1cccc(-n2ccc[n+]2C)c1C. The molecule has 22 heavy (non-hydrogen) atoms. The molecule has 0 spiro atoms. The van der Waals surface area contributed by atoms with Gasteiger partial charge in [0.25, 0.3) is 0 Å². The van der Waals surface area contributed by atoms with E-state index in [-0.39, 0.29) is 0 Å². The standard InChI is InChI=1S/C20H25N2/c1-5-6-7-10-17(2)13-14-19-11-8-12-20(18(19)3)22-16-9-15-21(22)4/h5-12,15-16H,2,13-14H2,1,3-4H3/q+1. The number of rotatable bonds is 6. The third-order valence-electron chi connectivity index (χ3n) is 3.88. The molecule has 2 heteroatoms. The van der Waals surface area contributed by atoms with Crippen LogP contribution in [0.15, 0.2) is 73.1 Å². The van der Waals surface area contributed by atoms with Gasteiger partial charge in [0.05, 0.1) is 6.20 Å². The number of nitrogens with zero attached hydrogens (tertiary/aromatic N) is 2. The molecule has 0 aliphatic rings. The highest BCUT2D eigenvalue weighted by Gasteiger charge is 2.11. The Balaban J connectivity index is 2.13. The average molecular weight is 293 g/mol. The molecule has 0 bridgehead atoms. The van der Waals surface area contributed by atoms with Crippen LogP contribution in [0, 0.1) is 6.92 Å². The zero-order valence-corrected chi connectivity index (χ0v) is 13.8. The summed E-state index contributed by atoms with van der Waals surface area (Å²) >= 11 is 0. The smallest absolute Gasteiger partial charge is 0.128 e. The highest BCUT2D eigenvalue weighted by Crippen LogP contribution is 2.19. The van der Waals surface area contributed by atoms with Crippen LogP contribution in [-0.4, -0.2) is 4.68 Å². The minimum absolute atomic E-state index is 0.982. The number of benzene rings is 1. The number of aryl methyl sites for hydroxylation is 2. The molecule has 2 nitrogen and oxygen atoms in total. The Morgan fingerprint density at radius 3 is 2.77 bits per heavy atom. The molecule has 0 atom stereocenters. The van der Waals surface area contributed by atoms with Crippen LogP contribution in [0.25, 0.3) is 5.69 Å². The molecule has 0 radical (unpaired) electrons. The molecular formula is C20H25N2+. The fourth-order valence-corrected chi connectivity index (χ4v) is 2.54. The zero-order valence-electron chi connectivity index (χ0n) is 13.8. The van der Waals surface area contributed by atoms with Gasteiger partial charge < -0.3 is 0 Å². The van der Waals surface area contributed by atoms with Crippen molar-refractivity contribution in [1.82, 2.24) is 4.68 Å². The van der Waals surface area contributed by atoms with Gasteiger partial charge in [-0.05, 0) is 43.9 Å². The van der Waals surface area contributed by atoms with Crippen molar-refractivity contribution < 1.29 is 4.68 Å². The maximum Gasteiger partial charge on any atom is 0.195 e. The fraction of sp³-hybridized carbons (Fsp3) is 0.250. The summed E-state index contributed by atoms with van der Waals surface area (Å²) in [5, 5.41) is 0. The van der Waals surface area contributed by atoms with Gasteiger partial charge in [-0.15, -0.1) is 9.36 Å². The van der Waals surface area contributed by atoms with Crippen LogP contribution in [0.5, 0.6) is 0 Å². The Bertz CT molecular complexity index is 702. The topological polar surface area (TPSA) is 8.81 Å². The van der Waals surface area contributed by atoms with E-state index in [4.69, 9.17) is 0 Å². The zero-order chi connectivity index (χ0) is 15.9. The van der Waals surface area contributed by atoms with Gasteiger partial charge in [-0.3, -0.25) is 0 Å². The average Bonchev–Trinajstić information content (AvgIpc) is 2.92. The van der Waals surface area contributed by atoms with E-state index in [0.717, 1.165) is 18.4 Å². The maximum absolute atomic E-state index is 4.13. The van der Waals surface area contributed by atoms with Crippen LogP contribution in [0.4, 0.5) is 0 Å². The molecule has 0 amide bonds. The van der Waals surface area contributed by atoms with Crippen molar-refractivity contribution in [2.45, 2.75) is 26.7 Å². The summed E-state index contributed by atoms with van der Waals surface area (Å²) in [6.45, 7) is 8.34. The predicted octanol–water partition coefficient (Wildman–Crippen LogP) is 4.23. The summed E-state index contributed by atoms with van der Waals surface area (Å²) in [7, 11) is 2.06. The van der Waals surface area contributed by atoms with E-state index < -0.39 is 0 Å². The molecule has 1 aromatic carbocycles. The summed E-state index contributed by atoms with van der Waals surface area (Å²) in [4.78, 5) is 0. The third-order valence-corrected chi connectivity index (χ3v) is 3.88. The van der Waals surface area contributed by atoms with Crippen LogP contribution in [0.3, 0.4) is 0 Å². The Hall–Kier alpha value is -2.35. The monoisotopic (exact) mass is 293 g/mol. The lowest BCUT2D eigenvalue weighted by molar-refractivity contribution is -0.744. The first-order valence-corrected chi connectivity index (χ1v) is 7.72. The van der Waals surface area contributed by atoms with Gasteiger partial charge >= 0.3 is 0 Å². The van der Waals surface area contributed by atoms with Crippen molar-refractivity contribution in [3.63, 3.8) is 0 Å². The van der Waals surface area contributed by atoms with E-state index >= 15 is 0 Å². The largest absolute Gasteiger partial charge is 0.195 e. The first-order chi connectivity index (χ1) is 10.6. The van der Waals surface area contributed by atoms with Crippen LogP contribution < -0.4 is 4.68 Å². The Morgan fingerprint density at radius 2 is 2.09 bits per heavy atom. The molecule has 2 rings (SSSR count). The molecule has 0 unspecified atom stereocenters. The molecule has 2 aromatic rings.